The van der Waals surface area contributed by atoms with E-state index in [0.29, 0.717) is 0 Å². The van der Waals surface area contributed by atoms with E-state index in [4.69, 9.17) is 4.74 Å². The van der Waals surface area contributed by atoms with Crippen LogP contribution in [0.1, 0.15) is 29.8 Å². The number of carbonyl (C=O) groups is 2. The maximum atomic E-state index is 12.8. The molecule has 29 heavy (non-hydrogen) atoms. The molecular weight excluding hydrogens is 411 g/mol. The SMILES string of the molecule is CCS(=O)(=O)c1ccccc1C(=O)OC(C)C(=O)Nc1cccc(C(F)(F)F)c1. The van der Waals surface area contributed by atoms with Crippen LogP contribution in [-0.4, -0.2) is 32.2 Å². The number of anilines is 1. The van der Waals surface area contributed by atoms with Crippen LogP contribution in [0.3, 0.4) is 0 Å². The molecule has 0 saturated heterocycles. The number of alkyl halides is 3. The summed E-state index contributed by atoms with van der Waals surface area (Å²) < 4.78 is 67.5. The topological polar surface area (TPSA) is 89.5 Å². The van der Waals surface area contributed by atoms with Gasteiger partial charge in [0.05, 0.1) is 21.8 Å². The largest absolute Gasteiger partial charge is 0.449 e. The van der Waals surface area contributed by atoms with Gasteiger partial charge >= 0.3 is 12.1 Å². The van der Waals surface area contributed by atoms with Gasteiger partial charge in [0.15, 0.2) is 15.9 Å². The fraction of sp³-hybridized carbons (Fsp3) is 0.263. The maximum absolute atomic E-state index is 12.8. The summed E-state index contributed by atoms with van der Waals surface area (Å²) in [6, 6.07) is 9.37. The van der Waals surface area contributed by atoms with Crippen molar-refractivity contribution in [3.63, 3.8) is 0 Å². The van der Waals surface area contributed by atoms with Gasteiger partial charge < -0.3 is 10.1 Å². The quantitative estimate of drug-likeness (QED) is 0.708. The Morgan fingerprint density at radius 2 is 1.76 bits per heavy atom. The monoisotopic (exact) mass is 429 g/mol. The normalized spacial score (nSPS) is 12.9. The van der Waals surface area contributed by atoms with E-state index in [1.807, 2.05) is 0 Å². The van der Waals surface area contributed by atoms with E-state index in [2.05, 4.69) is 5.32 Å². The van der Waals surface area contributed by atoms with E-state index in [9.17, 15) is 31.2 Å². The second-order valence-electron chi connectivity index (χ2n) is 6.01. The van der Waals surface area contributed by atoms with Gasteiger partial charge in [-0.2, -0.15) is 13.2 Å². The number of hydrogen-bond donors (Lipinski definition) is 1. The Bertz CT molecular complexity index is 1020. The first-order valence-corrected chi connectivity index (χ1v) is 10.1. The minimum absolute atomic E-state index is 0.123. The average molecular weight is 429 g/mol. The molecule has 0 aliphatic carbocycles. The Kier molecular flexibility index (Phi) is 6.68. The average Bonchev–Trinajstić information content (AvgIpc) is 2.67. The second kappa shape index (κ2) is 8.64. The van der Waals surface area contributed by atoms with Gasteiger partial charge in [0.2, 0.25) is 0 Å². The Balaban J connectivity index is 2.14. The number of ether oxygens (including phenoxy) is 1. The Labute approximate surface area is 165 Å². The van der Waals surface area contributed by atoms with Crippen molar-refractivity contribution in [3.05, 3.63) is 59.7 Å². The Morgan fingerprint density at radius 1 is 1.10 bits per heavy atom. The molecule has 1 atom stereocenters. The number of esters is 1. The van der Waals surface area contributed by atoms with Gasteiger partial charge in [-0.15, -0.1) is 0 Å². The van der Waals surface area contributed by atoms with Crippen molar-refractivity contribution >= 4 is 27.4 Å². The summed E-state index contributed by atoms with van der Waals surface area (Å²) in [5.74, 6) is -2.14. The van der Waals surface area contributed by atoms with Crippen LogP contribution in [0.5, 0.6) is 0 Å². The molecule has 6 nitrogen and oxygen atoms in total. The summed E-state index contributed by atoms with van der Waals surface area (Å²) in [6.07, 6.45) is -5.96. The van der Waals surface area contributed by atoms with E-state index in [0.717, 1.165) is 18.2 Å². The molecular formula is C19H18F3NO5S. The number of hydrogen-bond acceptors (Lipinski definition) is 5. The third kappa shape index (κ3) is 5.57. The molecule has 0 spiro atoms. The summed E-state index contributed by atoms with van der Waals surface area (Å²) in [4.78, 5) is 24.3. The molecule has 0 aliphatic rings. The molecule has 0 fully saturated rings. The molecule has 1 amide bonds. The van der Waals surface area contributed by atoms with Crippen molar-refractivity contribution < 1.29 is 35.9 Å². The van der Waals surface area contributed by atoms with E-state index in [-0.39, 0.29) is 21.9 Å². The van der Waals surface area contributed by atoms with E-state index in [1.165, 1.54) is 44.2 Å². The zero-order valence-electron chi connectivity index (χ0n) is 15.5. The molecule has 0 bridgehead atoms. The lowest BCUT2D eigenvalue weighted by molar-refractivity contribution is -0.137. The van der Waals surface area contributed by atoms with Crippen LogP contribution in [-0.2, 0) is 25.5 Å². The highest BCUT2D eigenvalue weighted by Crippen LogP contribution is 2.30. The first kappa shape index (κ1) is 22.4. The van der Waals surface area contributed by atoms with Crippen molar-refractivity contribution in [2.75, 3.05) is 11.1 Å². The van der Waals surface area contributed by atoms with Gasteiger partial charge in [0.25, 0.3) is 5.91 Å². The lowest BCUT2D eigenvalue weighted by Crippen LogP contribution is -2.30. The van der Waals surface area contributed by atoms with E-state index in [1.54, 1.807) is 0 Å². The van der Waals surface area contributed by atoms with Crippen LogP contribution in [0.25, 0.3) is 0 Å². The number of carbonyl (C=O) groups excluding carboxylic acids is 2. The molecule has 1 unspecified atom stereocenters. The van der Waals surface area contributed by atoms with Crippen LogP contribution in [0.4, 0.5) is 18.9 Å². The number of sulfone groups is 1. The summed E-state index contributed by atoms with van der Waals surface area (Å²) in [6.45, 7) is 2.64. The molecule has 1 N–H and O–H groups in total. The molecule has 0 radical (unpaired) electrons. The van der Waals surface area contributed by atoms with Gasteiger partial charge in [0, 0.05) is 5.69 Å². The molecule has 0 heterocycles. The van der Waals surface area contributed by atoms with Crippen LogP contribution >= 0.6 is 0 Å². The second-order valence-corrected chi connectivity index (χ2v) is 8.26. The molecule has 0 saturated carbocycles. The predicted molar refractivity (Wildman–Crippen MR) is 99.1 cm³/mol. The standard InChI is InChI=1S/C19H18F3NO5S/c1-3-29(26,27)16-10-5-4-9-15(16)18(25)28-12(2)17(24)23-14-8-6-7-13(11-14)19(20,21)22/h4-12H,3H2,1-2H3,(H,23,24). The fourth-order valence-corrected chi connectivity index (χ4v) is 3.44. The third-order valence-electron chi connectivity index (χ3n) is 3.93. The lowest BCUT2D eigenvalue weighted by atomic mass is 10.2. The highest BCUT2D eigenvalue weighted by atomic mass is 32.2. The first-order chi connectivity index (χ1) is 13.5. The van der Waals surface area contributed by atoms with Crippen molar-refractivity contribution in [3.8, 4) is 0 Å². The minimum atomic E-state index is -4.58. The van der Waals surface area contributed by atoms with Crippen molar-refractivity contribution in [2.45, 2.75) is 31.0 Å². The zero-order valence-corrected chi connectivity index (χ0v) is 16.3. The van der Waals surface area contributed by atoms with Gasteiger partial charge in [-0.1, -0.05) is 25.1 Å². The molecule has 2 aromatic rings. The van der Waals surface area contributed by atoms with Gasteiger partial charge in [-0.05, 0) is 37.3 Å². The molecule has 156 valence electrons. The third-order valence-corrected chi connectivity index (χ3v) is 5.72. The summed E-state index contributed by atoms with van der Waals surface area (Å²) in [7, 11) is -3.71. The van der Waals surface area contributed by atoms with Crippen LogP contribution in [0, 0.1) is 0 Å². The van der Waals surface area contributed by atoms with Gasteiger partial charge in [-0.3, -0.25) is 4.79 Å². The highest BCUT2D eigenvalue weighted by Gasteiger charge is 2.31. The van der Waals surface area contributed by atoms with Crippen LogP contribution < -0.4 is 5.32 Å². The predicted octanol–water partition coefficient (Wildman–Crippen LogP) is 3.68. The zero-order chi connectivity index (χ0) is 21.8. The van der Waals surface area contributed by atoms with Gasteiger partial charge in [0.1, 0.15) is 0 Å². The fourth-order valence-electron chi connectivity index (χ4n) is 2.36. The Morgan fingerprint density at radius 3 is 2.38 bits per heavy atom. The van der Waals surface area contributed by atoms with Crippen molar-refractivity contribution in [1.82, 2.24) is 0 Å². The van der Waals surface area contributed by atoms with Gasteiger partial charge in [-0.25, -0.2) is 13.2 Å². The first-order valence-electron chi connectivity index (χ1n) is 8.46. The maximum Gasteiger partial charge on any atom is 0.416 e. The number of benzene rings is 2. The number of halogens is 3. The molecule has 10 heteroatoms. The summed E-state index contributed by atoms with van der Waals surface area (Å²) >= 11 is 0. The Hall–Kier alpha value is -2.88. The van der Waals surface area contributed by atoms with E-state index < -0.39 is 39.6 Å². The van der Waals surface area contributed by atoms with Crippen molar-refractivity contribution in [1.29, 1.82) is 0 Å². The molecule has 2 rings (SSSR count). The summed E-state index contributed by atoms with van der Waals surface area (Å²) in [5, 5.41) is 2.23. The molecule has 2 aromatic carbocycles. The number of rotatable bonds is 6. The molecule has 0 aromatic heterocycles. The lowest BCUT2D eigenvalue weighted by Gasteiger charge is -2.15. The highest BCUT2D eigenvalue weighted by molar-refractivity contribution is 7.91. The van der Waals surface area contributed by atoms with Crippen LogP contribution in [0.15, 0.2) is 53.4 Å². The number of nitrogens with one attached hydrogen (secondary N) is 1. The smallest absolute Gasteiger partial charge is 0.416 e. The van der Waals surface area contributed by atoms with Crippen molar-refractivity contribution in [2.24, 2.45) is 0 Å². The summed E-state index contributed by atoms with van der Waals surface area (Å²) in [5.41, 5.74) is -1.30. The number of amides is 1. The van der Waals surface area contributed by atoms with E-state index >= 15 is 0 Å². The van der Waals surface area contributed by atoms with Crippen LogP contribution in [0.2, 0.25) is 0 Å². The minimum Gasteiger partial charge on any atom is -0.449 e. The molecule has 0 aliphatic heterocycles.